The number of rotatable bonds is 3. The summed E-state index contributed by atoms with van der Waals surface area (Å²) in [5.41, 5.74) is 2.85. The third kappa shape index (κ3) is 1.78. The summed E-state index contributed by atoms with van der Waals surface area (Å²) >= 11 is 0. The van der Waals surface area contributed by atoms with E-state index in [4.69, 9.17) is 9.47 Å². The summed E-state index contributed by atoms with van der Waals surface area (Å²) in [6, 6.07) is 4.08. The Bertz CT molecular complexity index is 473. The van der Waals surface area contributed by atoms with E-state index in [1.54, 1.807) is 7.11 Å². The number of carbonyl (C=O) groups is 1. The summed E-state index contributed by atoms with van der Waals surface area (Å²) in [6.45, 7) is 4.11. The predicted molar refractivity (Wildman–Crippen MR) is 70.0 cm³/mol. The summed E-state index contributed by atoms with van der Waals surface area (Å²) in [7, 11) is 3.10. The molecule has 1 saturated carbocycles. The van der Waals surface area contributed by atoms with Crippen LogP contribution in [0.5, 0.6) is 5.75 Å². The van der Waals surface area contributed by atoms with Gasteiger partial charge in [0.25, 0.3) is 0 Å². The van der Waals surface area contributed by atoms with Gasteiger partial charge in [0.05, 0.1) is 19.6 Å². The standard InChI is InChI=1S/C15H20O3/c1-10-8-12(13(17-3)9-11(10)2)15(6-5-7-15)14(16)18-4/h8-9H,5-7H2,1-4H3. The maximum Gasteiger partial charge on any atom is 0.316 e. The molecule has 18 heavy (non-hydrogen) atoms. The fourth-order valence-corrected chi connectivity index (χ4v) is 2.64. The Kier molecular flexibility index (Phi) is 3.33. The van der Waals surface area contributed by atoms with Crippen molar-refractivity contribution in [2.45, 2.75) is 38.5 Å². The van der Waals surface area contributed by atoms with E-state index in [0.717, 1.165) is 30.6 Å². The predicted octanol–water partition coefficient (Wildman–Crippen LogP) is 2.91. The van der Waals surface area contributed by atoms with Gasteiger partial charge in [0, 0.05) is 5.56 Å². The molecule has 0 aromatic heterocycles. The smallest absolute Gasteiger partial charge is 0.316 e. The Morgan fingerprint density at radius 2 is 1.78 bits per heavy atom. The number of esters is 1. The van der Waals surface area contributed by atoms with Crippen LogP contribution < -0.4 is 4.74 Å². The van der Waals surface area contributed by atoms with Crippen LogP contribution in [0.4, 0.5) is 0 Å². The van der Waals surface area contributed by atoms with Gasteiger partial charge in [0.15, 0.2) is 0 Å². The average Bonchev–Trinajstić information content (AvgIpc) is 2.31. The first-order valence-corrected chi connectivity index (χ1v) is 6.29. The summed E-state index contributed by atoms with van der Waals surface area (Å²) in [5, 5.41) is 0. The lowest BCUT2D eigenvalue weighted by molar-refractivity contribution is -0.151. The zero-order valence-corrected chi connectivity index (χ0v) is 11.5. The Morgan fingerprint density at radius 1 is 1.17 bits per heavy atom. The number of ether oxygens (including phenoxy) is 2. The minimum atomic E-state index is -0.488. The normalized spacial score (nSPS) is 16.9. The minimum Gasteiger partial charge on any atom is -0.496 e. The van der Waals surface area contributed by atoms with Crippen LogP contribution in [-0.2, 0) is 14.9 Å². The molecular formula is C15H20O3. The molecule has 3 heteroatoms. The number of aryl methyl sites for hydroxylation is 2. The quantitative estimate of drug-likeness (QED) is 0.771. The van der Waals surface area contributed by atoms with Gasteiger partial charge in [-0.2, -0.15) is 0 Å². The fourth-order valence-electron chi connectivity index (χ4n) is 2.64. The van der Waals surface area contributed by atoms with Crippen molar-refractivity contribution in [1.82, 2.24) is 0 Å². The highest BCUT2D eigenvalue weighted by atomic mass is 16.5. The lowest BCUT2D eigenvalue weighted by Gasteiger charge is -2.40. The van der Waals surface area contributed by atoms with Crippen molar-refractivity contribution in [3.63, 3.8) is 0 Å². The van der Waals surface area contributed by atoms with Crippen molar-refractivity contribution in [2.24, 2.45) is 0 Å². The molecule has 1 aliphatic carbocycles. The molecule has 1 aromatic carbocycles. The molecule has 0 bridgehead atoms. The summed E-state index contributed by atoms with van der Waals surface area (Å²) in [5.74, 6) is 0.651. The number of hydrogen-bond donors (Lipinski definition) is 0. The molecule has 0 spiro atoms. The van der Waals surface area contributed by atoms with E-state index in [-0.39, 0.29) is 5.97 Å². The van der Waals surface area contributed by atoms with Crippen LogP contribution in [0, 0.1) is 13.8 Å². The van der Waals surface area contributed by atoms with Crippen LogP contribution in [0.1, 0.15) is 36.0 Å². The second kappa shape index (κ2) is 4.63. The fraction of sp³-hybridized carbons (Fsp3) is 0.533. The van der Waals surface area contributed by atoms with Gasteiger partial charge in [-0.1, -0.05) is 12.5 Å². The van der Waals surface area contributed by atoms with Crippen LogP contribution in [0.2, 0.25) is 0 Å². The van der Waals surface area contributed by atoms with Crippen molar-refractivity contribution in [1.29, 1.82) is 0 Å². The first kappa shape index (κ1) is 12.9. The molecule has 98 valence electrons. The van der Waals surface area contributed by atoms with Crippen LogP contribution in [-0.4, -0.2) is 20.2 Å². The Hall–Kier alpha value is -1.51. The molecule has 0 aliphatic heterocycles. The van der Waals surface area contributed by atoms with Crippen molar-refractivity contribution in [2.75, 3.05) is 14.2 Å². The number of hydrogen-bond acceptors (Lipinski definition) is 3. The van der Waals surface area contributed by atoms with E-state index in [1.807, 2.05) is 13.0 Å². The Morgan fingerprint density at radius 3 is 2.22 bits per heavy atom. The molecule has 3 nitrogen and oxygen atoms in total. The average molecular weight is 248 g/mol. The van der Waals surface area contributed by atoms with Gasteiger partial charge in [0.2, 0.25) is 0 Å². The van der Waals surface area contributed by atoms with Crippen LogP contribution >= 0.6 is 0 Å². The van der Waals surface area contributed by atoms with Gasteiger partial charge >= 0.3 is 5.97 Å². The first-order valence-electron chi connectivity index (χ1n) is 6.29. The van der Waals surface area contributed by atoms with Gasteiger partial charge in [-0.3, -0.25) is 4.79 Å². The van der Waals surface area contributed by atoms with Gasteiger partial charge in [0.1, 0.15) is 5.75 Å². The van der Waals surface area contributed by atoms with Crippen molar-refractivity contribution >= 4 is 5.97 Å². The largest absolute Gasteiger partial charge is 0.496 e. The lowest BCUT2D eigenvalue weighted by Crippen LogP contribution is -2.43. The summed E-state index contributed by atoms with van der Waals surface area (Å²) in [4.78, 5) is 12.1. The maximum absolute atomic E-state index is 12.1. The van der Waals surface area contributed by atoms with Gasteiger partial charge in [-0.25, -0.2) is 0 Å². The topological polar surface area (TPSA) is 35.5 Å². The summed E-state index contributed by atoms with van der Waals surface area (Å²) < 4.78 is 10.4. The van der Waals surface area contributed by atoms with E-state index in [2.05, 4.69) is 13.0 Å². The van der Waals surface area contributed by atoms with E-state index in [1.165, 1.54) is 18.2 Å². The number of benzene rings is 1. The Labute approximate surface area is 108 Å². The van der Waals surface area contributed by atoms with Crippen LogP contribution in [0.25, 0.3) is 0 Å². The van der Waals surface area contributed by atoms with E-state index in [9.17, 15) is 4.79 Å². The molecule has 1 fully saturated rings. The minimum absolute atomic E-state index is 0.143. The lowest BCUT2D eigenvalue weighted by atomic mass is 9.64. The highest BCUT2D eigenvalue weighted by molar-refractivity contribution is 5.85. The second-order valence-corrected chi connectivity index (χ2v) is 5.06. The van der Waals surface area contributed by atoms with E-state index < -0.39 is 5.41 Å². The molecule has 0 radical (unpaired) electrons. The maximum atomic E-state index is 12.1. The van der Waals surface area contributed by atoms with Gasteiger partial charge < -0.3 is 9.47 Å². The first-order chi connectivity index (χ1) is 8.55. The molecule has 2 rings (SSSR count). The van der Waals surface area contributed by atoms with Crippen molar-refractivity contribution in [3.05, 3.63) is 28.8 Å². The van der Waals surface area contributed by atoms with Crippen molar-refractivity contribution < 1.29 is 14.3 Å². The molecule has 0 atom stereocenters. The number of methoxy groups -OCH3 is 2. The van der Waals surface area contributed by atoms with Crippen LogP contribution in [0.3, 0.4) is 0 Å². The van der Waals surface area contributed by atoms with Gasteiger partial charge in [-0.05, 0) is 43.9 Å². The van der Waals surface area contributed by atoms with E-state index >= 15 is 0 Å². The monoisotopic (exact) mass is 248 g/mol. The molecule has 1 aliphatic rings. The zero-order chi connectivity index (χ0) is 13.3. The molecule has 0 heterocycles. The molecule has 0 amide bonds. The SMILES string of the molecule is COC(=O)C1(c2cc(C)c(C)cc2OC)CCC1. The van der Waals surface area contributed by atoms with E-state index in [0.29, 0.717) is 0 Å². The van der Waals surface area contributed by atoms with Gasteiger partial charge in [-0.15, -0.1) is 0 Å². The molecule has 0 N–H and O–H groups in total. The molecule has 0 saturated heterocycles. The number of carbonyl (C=O) groups excluding carboxylic acids is 1. The molecule has 1 aromatic rings. The molecule has 0 unspecified atom stereocenters. The third-order valence-corrected chi connectivity index (χ3v) is 4.11. The third-order valence-electron chi connectivity index (χ3n) is 4.11. The summed E-state index contributed by atoms with van der Waals surface area (Å²) in [6.07, 6.45) is 2.75. The zero-order valence-electron chi connectivity index (χ0n) is 11.5. The second-order valence-electron chi connectivity index (χ2n) is 5.06. The Balaban J connectivity index is 2.55. The highest BCUT2D eigenvalue weighted by Gasteiger charge is 2.48. The molecular weight excluding hydrogens is 228 g/mol. The highest BCUT2D eigenvalue weighted by Crippen LogP contribution is 2.48. The van der Waals surface area contributed by atoms with Crippen LogP contribution in [0.15, 0.2) is 12.1 Å². The van der Waals surface area contributed by atoms with Crippen molar-refractivity contribution in [3.8, 4) is 5.75 Å².